The lowest BCUT2D eigenvalue weighted by atomic mass is 9.85. The second kappa shape index (κ2) is 5.63. The SMILES string of the molecule is N/C(=N\O)c1ncccc1CNCC1CCC1. The maximum absolute atomic E-state index is 8.68. The Labute approximate surface area is 101 Å². The number of pyridine rings is 1. The highest BCUT2D eigenvalue weighted by Crippen LogP contribution is 2.25. The second-order valence-electron chi connectivity index (χ2n) is 4.42. The van der Waals surface area contributed by atoms with Crippen molar-refractivity contribution in [2.45, 2.75) is 25.8 Å². The third-order valence-electron chi connectivity index (χ3n) is 3.21. The summed E-state index contributed by atoms with van der Waals surface area (Å²) < 4.78 is 0. The normalized spacial score (nSPS) is 16.8. The quantitative estimate of drug-likeness (QED) is 0.308. The smallest absolute Gasteiger partial charge is 0.189 e. The molecule has 5 heteroatoms. The molecule has 1 aromatic heterocycles. The van der Waals surface area contributed by atoms with Gasteiger partial charge in [-0.2, -0.15) is 0 Å². The van der Waals surface area contributed by atoms with E-state index in [0.29, 0.717) is 12.2 Å². The monoisotopic (exact) mass is 234 g/mol. The highest BCUT2D eigenvalue weighted by Gasteiger charge is 2.16. The minimum absolute atomic E-state index is 0.0612. The number of aromatic nitrogens is 1. The van der Waals surface area contributed by atoms with Crippen molar-refractivity contribution in [2.24, 2.45) is 16.8 Å². The molecule has 1 aliphatic rings. The fourth-order valence-corrected chi connectivity index (χ4v) is 1.97. The molecule has 0 amide bonds. The van der Waals surface area contributed by atoms with Crippen LogP contribution >= 0.6 is 0 Å². The fourth-order valence-electron chi connectivity index (χ4n) is 1.97. The van der Waals surface area contributed by atoms with E-state index in [4.69, 9.17) is 10.9 Å². The molecule has 5 nitrogen and oxygen atoms in total. The Hall–Kier alpha value is -1.62. The Morgan fingerprint density at radius 3 is 3.06 bits per heavy atom. The van der Waals surface area contributed by atoms with Crippen LogP contribution in [-0.4, -0.2) is 22.6 Å². The van der Waals surface area contributed by atoms with Gasteiger partial charge in [-0.1, -0.05) is 17.6 Å². The lowest BCUT2D eigenvalue weighted by Gasteiger charge is -2.25. The third kappa shape index (κ3) is 2.94. The zero-order chi connectivity index (χ0) is 12.1. The molecule has 0 aromatic carbocycles. The van der Waals surface area contributed by atoms with E-state index in [2.05, 4.69) is 15.5 Å². The molecule has 0 spiro atoms. The first kappa shape index (κ1) is 11.9. The van der Waals surface area contributed by atoms with Crippen molar-refractivity contribution in [3.05, 3.63) is 29.6 Å². The van der Waals surface area contributed by atoms with E-state index in [1.54, 1.807) is 6.20 Å². The van der Waals surface area contributed by atoms with Crippen molar-refractivity contribution >= 4 is 5.84 Å². The van der Waals surface area contributed by atoms with Gasteiger partial charge in [-0.25, -0.2) is 0 Å². The Kier molecular flexibility index (Phi) is 3.93. The van der Waals surface area contributed by atoms with Crippen LogP contribution in [0.1, 0.15) is 30.5 Å². The van der Waals surface area contributed by atoms with Crippen LogP contribution < -0.4 is 11.1 Å². The number of oxime groups is 1. The Balaban J connectivity index is 1.94. The Bertz CT molecular complexity index is 401. The van der Waals surface area contributed by atoms with E-state index in [1.807, 2.05) is 12.1 Å². The molecule has 1 fully saturated rings. The number of nitrogens with zero attached hydrogens (tertiary/aromatic N) is 2. The maximum atomic E-state index is 8.68. The molecule has 17 heavy (non-hydrogen) atoms. The molecule has 1 aliphatic carbocycles. The summed E-state index contributed by atoms with van der Waals surface area (Å²) in [7, 11) is 0. The fraction of sp³-hybridized carbons (Fsp3) is 0.500. The van der Waals surface area contributed by atoms with Crippen molar-refractivity contribution in [3.8, 4) is 0 Å². The van der Waals surface area contributed by atoms with Crippen LogP contribution in [0, 0.1) is 5.92 Å². The number of amidine groups is 1. The highest BCUT2D eigenvalue weighted by atomic mass is 16.4. The summed E-state index contributed by atoms with van der Waals surface area (Å²) in [6, 6.07) is 3.79. The highest BCUT2D eigenvalue weighted by molar-refractivity contribution is 5.96. The van der Waals surface area contributed by atoms with Crippen molar-refractivity contribution in [3.63, 3.8) is 0 Å². The predicted molar refractivity (Wildman–Crippen MR) is 65.8 cm³/mol. The summed E-state index contributed by atoms with van der Waals surface area (Å²) in [5.41, 5.74) is 7.09. The average molecular weight is 234 g/mol. The van der Waals surface area contributed by atoms with E-state index in [0.717, 1.165) is 18.0 Å². The van der Waals surface area contributed by atoms with E-state index in [-0.39, 0.29) is 5.84 Å². The molecule has 0 aliphatic heterocycles. The van der Waals surface area contributed by atoms with Gasteiger partial charge in [-0.3, -0.25) is 4.98 Å². The van der Waals surface area contributed by atoms with Gasteiger partial charge in [0.15, 0.2) is 5.84 Å². The first-order valence-electron chi connectivity index (χ1n) is 5.93. The third-order valence-corrected chi connectivity index (χ3v) is 3.21. The standard InChI is InChI=1S/C12H18N4O/c13-12(16-17)11-10(5-2-6-15-11)8-14-7-9-3-1-4-9/h2,5-6,9,14,17H,1,3-4,7-8H2,(H2,13,16). The Morgan fingerprint density at radius 1 is 1.59 bits per heavy atom. The zero-order valence-electron chi connectivity index (χ0n) is 9.76. The van der Waals surface area contributed by atoms with Gasteiger partial charge in [0.1, 0.15) is 5.69 Å². The predicted octanol–water partition coefficient (Wildman–Crippen LogP) is 1.07. The van der Waals surface area contributed by atoms with Crippen LogP contribution in [-0.2, 0) is 6.54 Å². The average Bonchev–Trinajstić information content (AvgIpc) is 2.32. The summed E-state index contributed by atoms with van der Waals surface area (Å²) in [6.07, 6.45) is 5.65. The molecule has 92 valence electrons. The van der Waals surface area contributed by atoms with E-state index < -0.39 is 0 Å². The number of hydrogen-bond donors (Lipinski definition) is 3. The molecular formula is C12H18N4O. The van der Waals surface area contributed by atoms with E-state index >= 15 is 0 Å². The van der Waals surface area contributed by atoms with Gasteiger partial charge < -0.3 is 16.3 Å². The van der Waals surface area contributed by atoms with Gasteiger partial charge in [0.25, 0.3) is 0 Å². The topological polar surface area (TPSA) is 83.5 Å². The molecule has 4 N–H and O–H groups in total. The molecule has 0 radical (unpaired) electrons. The summed E-state index contributed by atoms with van der Waals surface area (Å²) in [6.45, 7) is 1.74. The second-order valence-corrected chi connectivity index (χ2v) is 4.42. The number of nitrogens with two attached hydrogens (primary N) is 1. The summed E-state index contributed by atoms with van der Waals surface area (Å²) in [5.74, 6) is 0.880. The first-order chi connectivity index (χ1) is 8.31. The van der Waals surface area contributed by atoms with Crippen molar-refractivity contribution < 1.29 is 5.21 Å². The molecule has 2 rings (SSSR count). The summed E-state index contributed by atoms with van der Waals surface area (Å²) >= 11 is 0. The van der Waals surface area contributed by atoms with Gasteiger partial charge in [0.2, 0.25) is 0 Å². The van der Waals surface area contributed by atoms with Crippen LogP contribution in [0.2, 0.25) is 0 Å². The molecule has 1 aromatic rings. The van der Waals surface area contributed by atoms with Crippen LogP contribution in [0.4, 0.5) is 0 Å². The van der Waals surface area contributed by atoms with E-state index in [9.17, 15) is 0 Å². The molecule has 0 bridgehead atoms. The molecule has 1 heterocycles. The minimum atomic E-state index is 0.0612. The minimum Gasteiger partial charge on any atom is -0.409 e. The maximum Gasteiger partial charge on any atom is 0.189 e. The van der Waals surface area contributed by atoms with Gasteiger partial charge in [-0.15, -0.1) is 0 Å². The van der Waals surface area contributed by atoms with Crippen molar-refractivity contribution in [1.29, 1.82) is 0 Å². The van der Waals surface area contributed by atoms with Gasteiger partial charge in [0, 0.05) is 12.7 Å². The zero-order valence-corrected chi connectivity index (χ0v) is 9.76. The lowest BCUT2D eigenvalue weighted by molar-refractivity contribution is 0.301. The van der Waals surface area contributed by atoms with Gasteiger partial charge in [0.05, 0.1) is 0 Å². The van der Waals surface area contributed by atoms with Crippen LogP contribution in [0.25, 0.3) is 0 Å². The van der Waals surface area contributed by atoms with Crippen LogP contribution in [0.5, 0.6) is 0 Å². The lowest BCUT2D eigenvalue weighted by Crippen LogP contribution is -2.28. The number of hydrogen-bond acceptors (Lipinski definition) is 4. The summed E-state index contributed by atoms with van der Waals surface area (Å²) in [5, 5.41) is 15.1. The molecular weight excluding hydrogens is 216 g/mol. The Morgan fingerprint density at radius 2 is 2.41 bits per heavy atom. The van der Waals surface area contributed by atoms with Crippen molar-refractivity contribution in [2.75, 3.05) is 6.54 Å². The van der Waals surface area contributed by atoms with Crippen LogP contribution in [0.3, 0.4) is 0 Å². The summed E-state index contributed by atoms with van der Waals surface area (Å²) in [4.78, 5) is 4.13. The van der Waals surface area contributed by atoms with Crippen LogP contribution in [0.15, 0.2) is 23.5 Å². The molecule has 1 saturated carbocycles. The molecule has 0 unspecified atom stereocenters. The molecule has 0 atom stereocenters. The number of rotatable bonds is 5. The largest absolute Gasteiger partial charge is 0.409 e. The first-order valence-corrected chi connectivity index (χ1v) is 5.93. The molecule has 0 saturated heterocycles. The number of nitrogens with one attached hydrogen (secondary N) is 1. The van der Waals surface area contributed by atoms with Gasteiger partial charge in [-0.05, 0) is 36.9 Å². The van der Waals surface area contributed by atoms with Crippen molar-refractivity contribution in [1.82, 2.24) is 10.3 Å². The van der Waals surface area contributed by atoms with Gasteiger partial charge >= 0.3 is 0 Å². The van der Waals surface area contributed by atoms with E-state index in [1.165, 1.54) is 19.3 Å².